The van der Waals surface area contributed by atoms with Crippen molar-refractivity contribution in [3.8, 4) is 11.5 Å². The normalized spacial score (nSPS) is 14.5. The van der Waals surface area contributed by atoms with E-state index in [9.17, 15) is 29.4 Å². The average molecular weight is 348 g/mol. The van der Waals surface area contributed by atoms with Gasteiger partial charge < -0.3 is 10.2 Å². The summed E-state index contributed by atoms with van der Waals surface area (Å²) in [4.78, 5) is 45.0. The molecule has 0 amide bonds. The first-order valence-electron chi connectivity index (χ1n) is 7.57. The number of fused-ring (bicyclic) bond motifs is 2. The van der Waals surface area contributed by atoms with E-state index in [1.54, 1.807) is 12.1 Å². The van der Waals surface area contributed by atoms with Crippen LogP contribution >= 0.6 is 0 Å². The van der Waals surface area contributed by atoms with Crippen molar-refractivity contribution >= 4 is 23.1 Å². The van der Waals surface area contributed by atoms with Crippen LogP contribution in [-0.2, 0) is 0 Å². The van der Waals surface area contributed by atoms with Gasteiger partial charge in [0, 0.05) is 11.1 Å². The van der Waals surface area contributed by atoms with Gasteiger partial charge in [-0.2, -0.15) is 0 Å². The number of ketones is 4. The van der Waals surface area contributed by atoms with Crippen molar-refractivity contribution in [2.75, 3.05) is 0 Å². The smallest absolute Gasteiger partial charge is 0.190 e. The molecule has 0 atom stereocenters. The molecule has 0 aliphatic heterocycles. The van der Waals surface area contributed by atoms with Gasteiger partial charge >= 0.3 is 0 Å². The Morgan fingerprint density at radius 3 is 1.19 bits per heavy atom. The van der Waals surface area contributed by atoms with Crippen molar-refractivity contribution in [1.82, 2.24) is 0 Å². The first-order chi connectivity index (χ1) is 12.4. The average Bonchev–Trinajstić information content (AvgIpc) is 2.62. The van der Waals surface area contributed by atoms with Crippen LogP contribution in [0.3, 0.4) is 0 Å². The third-order valence-electron chi connectivity index (χ3n) is 3.88. The number of hydrogen-bond acceptors (Lipinski definition) is 6. The molecule has 2 aromatic rings. The summed E-state index contributed by atoms with van der Waals surface area (Å²) in [5.41, 5.74) is 0.755. The predicted octanol–water partition coefficient (Wildman–Crippen LogP) is 2.65. The van der Waals surface area contributed by atoms with Crippen LogP contribution in [0.5, 0.6) is 11.5 Å². The summed E-state index contributed by atoms with van der Waals surface area (Å²) in [6.07, 6.45) is 4.77. The van der Waals surface area contributed by atoms with Crippen LogP contribution < -0.4 is 0 Å². The van der Waals surface area contributed by atoms with Crippen molar-refractivity contribution in [3.05, 3.63) is 83.0 Å². The van der Waals surface area contributed by atoms with Crippen molar-refractivity contribution in [1.29, 1.82) is 0 Å². The maximum Gasteiger partial charge on any atom is 0.190 e. The third-order valence-corrected chi connectivity index (χ3v) is 3.88. The van der Waals surface area contributed by atoms with Crippen LogP contribution in [0.2, 0.25) is 0 Å². The Bertz CT molecular complexity index is 943. The molecular formula is C20H12O6. The Hall–Kier alpha value is -3.80. The van der Waals surface area contributed by atoms with Gasteiger partial charge in [0.05, 0.1) is 11.1 Å². The molecule has 4 rings (SSSR count). The number of phenolic OH excluding ortho intramolecular Hbond substituents is 2. The zero-order chi connectivity index (χ0) is 18.8. The first-order valence-corrected chi connectivity index (χ1v) is 7.57. The summed E-state index contributed by atoms with van der Waals surface area (Å²) in [5.74, 6) is -1.42. The van der Waals surface area contributed by atoms with Gasteiger partial charge in [0.2, 0.25) is 0 Å². The Labute approximate surface area is 147 Å². The molecule has 0 saturated carbocycles. The van der Waals surface area contributed by atoms with Crippen LogP contribution in [0.15, 0.2) is 60.7 Å². The number of aromatic hydroxyl groups is 2. The minimum atomic E-state index is -0.326. The summed E-state index contributed by atoms with van der Waals surface area (Å²) in [6.45, 7) is 0. The van der Waals surface area contributed by atoms with E-state index in [0.29, 0.717) is 0 Å². The monoisotopic (exact) mass is 348 g/mol. The molecule has 0 bridgehead atoms. The van der Waals surface area contributed by atoms with Gasteiger partial charge in [0.1, 0.15) is 11.5 Å². The third kappa shape index (κ3) is 2.95. The van der Waals surface area contributed by atoms with E-state index in [1.165, 1.54) is 48.6 Å². The largest absolute Gasteiger partial charge is 0.507 e. The molecule has 0 heterocycles. The van der Waals surface area contributed by atoms with Gasteiger partial charge in [-0.05, 0) is 36.4 Å². The highest BCUT2D eigenvalue weighted by Crippen LogP contribution is 2.26. The highest BCUT2D eigenvalue weighted by molar-refractivity contribution is 6.23. The number of rotatable bonds is 0. The van der Waals surface area contributed by atoms with Crippen LogP contribution in [0.1, 0.15) is 41.4 Å². The molecule has 0 saturated heterocycles. The number of phenols is 2. The standard InChI is InChI=1S/2C10H6O3/c2*11-7-4-5-9(13)10-6(7)2-1-3-8(10)12/h2*1-5,12H. The Balaban J connectivity index is 0.000000151. The Kier molecular flexibility index (Phi) is 4.33. The highest BCUT2D eigenvalue weighted by Gasteiger charge is 2.22. The second-order valence-electron chi connectivity index (χ2n) is 5.52. The predicted molar refractivity (Wildman–Crippen MR) is 91.8 cm³/mol. The van der Waals surface area contributed by atoms with E-state index >= 15 is 0 Å². The lowest BCUT2D eigenvalue weighted by Crippen LogP contribution is -2.11. The quantitative estimate of drug-likeness (QED) is 0.757. The maximum absolute atomic E-state index is 11.3. The fourth-order valence-electron chi connectivity index (χ4n) is 2.66. The summed E-state index contributed by atoms with van der Waals surface area (Å²) in [7, 11) is 0. The SMILES string of the molecule is O=C1C=CC(=O)c2c(O)cccc21.O=C1C=CC(=O)c2c(O)cccc21. The number of carbonyl (C=O) groups is 4. The molecule has 0 radical (unpaired) electrons. The summed E-state index contributed by atoms with van der Waals surface area (Å²) in [6, 6.07) is 8.92. The molecule has 2 aliphatic rings. The van der Waals surface area contributed by atoms with Crippen LogP contribution in [0.25, 0.3) is 0 Å². The second kappa shape index (κ2) is 6.60. The fraction of sp³-hybridized carbons (Fsp3) is 0. The second-order valence-corrected chi connectivity index (χ2v) is 5.52. The van der Waals surface area contributed by atoms with E-state index in [2.05, 4.69) is 0 Å². The Morgan fingerprint density at radius 1 is 0.500 bits per heavy atom. The first kappa shape index (κ1) is 17.0. The molecule has 128 valence electrons. The lowest BCUT2D eigenvalue weighted by atomic mass is 9.94. The molecule has 6 nitrogen and oxygen atoms in total. The van der Waals surface area contributed by atoms with E-state index in [1.807, 2.05) is 0 Å². The summed E-state index contributed by atoms with van der Waals surface area (Å²) in [5, 5.41) is 18.7. The van der Waals surface area contributed by atoms with Crippen LogP contribution in [0.4, 0.5) is 0 Å². The molecule has 2 aliphatic carbocycles. The van der Waals surface area contributed by atoms with Gasteiger partial charge in [-0.1, -0.05) is 24.3 Å². The molecule has 2 aromatic carbocycles. The zero-order valence-corrected chi connectivity index (χ0v) is 13.3. The highest BCUT2D eigenvalue weighted by atomic mass is 16.3. The van der Waals surface area contributed by atoms with Gasteiger partial charge in [0.25, 0.3) is 0 Å². The maximum atomic E-state index is 11.3. The lowest BCUT2D eigenvalue weighted by molar-refractivity contribution is 0.0991. The van der Waals surface area contributed by atoms with E-state index in [0.717, 1.165) is 0 Å². The molecule has 0 spiro atoms. The lowest BCUT2D eigenvalue weighted by Gasteiger charge is -2.09. The van der Waals surface area contributed by atoms with Gasteiger partial charge in [-0.3, -0.25) is 19.2 Å². The number of allylic oxidation sites excluding steroid dienone is 4. The van der Waals surface area contributed by atoms with Crippen molar-refractivity contribution in [3.63, 3.8) is 0 Å². The van der Waals surface area contributed by atoms with Crippen LogP contribution in [0, 0.1) is 0 Å². The van der Waals surface area contributed by atoms with Crippen molar-refractivity contribution in [2.24, 2.45) is 0 Å². The zero-order valence-electron chi connectivity index (χ0n) is 13.3. The van der Waals surface area contributed by atoms with Gasteiger partial charge in [-0.25, -0.2) is 0 Å². The molecule has 0 fully saturated rings. The molecule has 0 aromatic heterocycles. The van der Waals surface area contributed by atoms with E-state index < -0.39 is 0 Å². The number of hydrogen-bond donors (Lipinski definition) is 2. The molecular weight excluding hydrogens is 336 g/mol. The van der Waals surface area contributed by atoms with Gasteiger partial charge in [0.15, 0.2) is 23.1 Å². The molecule has 2 N–H and O–H groups in total. The Morgan fingerprint density at radius 2 is 0.846 bits per heavy atom. The molecule has 26 heavy (non-hydrogen) atoms. The topological polar surface area (TPSA) is 109 Å². The number of carbonyl (C=O) groups excluding carboxylic acids is 4. The van der Waals surface area contributed by atoms with Crippen molar-refractivity contribution < 1.29 is 29.4 Å². The minimum absolute atomic E-state index is 0.106. The summed E-state index contributed by atoms with van der Waals surface area (Å²) >= 11 is 0. The van der Waals surface area contributed by atoms with Crippen molar-refractivity contribution in [2.45, 2.75) is 0 Å². The van der Waals surface area contributed by atoms with E-state index in [4.69, 9.17) is 0 Å². The van der Waals surface area contributed by atoms with E-state index in [-0.39, 0.29) is 56.9 Å². The van der Waals surface area contributed by atoms with Crippen LogP contribution in [-0.4, -0.2) is 33.3 Å². The minimum Gasteiger partial charge on any atom is -0.507 e. The van der Waals surface area contributed by atoms with Gasteiger partial charge in [-0.15, -0.1) is 0 Å². The molecule has 6 heteroatoms. The fourth-order valence-corrected chi connectivity index (χ4v) is 2.66. The molecule has 0 unspecified atom stereocenters. The number of benzene rings is 2. The summed E-state index contributed by atoms with van der Waals surface area (Å²) < 4.78 is 0.